The molecule has 0 saturated carbocycles. The first-order valence-corrected chi connectivity index (χ1v) is 16.0. The van der Waals surface area contributed by atoms with Crippen LogP contribution in [0.15, 0.2) is 108 Å². The van der Waals surface area contributed by atoms with Crippen LogP contribution in [0.5, 0.6) is 0 Å². The fourth-order valence-electron chi connectivity index (χ4n) is 4.71. The minimum absolute atomic E-state index is 0.0420. The molecule has 2 amide bonds. The van der Waals surface area contributed by atoms with E-state index in [-0.39, 0.29) is 29.5 Å². The molecule has 1 N–H and O–H groups in total. The summed E-state index contributed by atoms with van der Waals surface area (Å²) in [5.74, 6) is -0.879. The number of rotatable bonds is 12. The van der Waals surface area contributed by atoms with Crippen LogP contribution in [0.3, 0.4) is 0 Å². The van der Waals surface area contributed by atoms with E-state index in [1.54, 1.807) is 18.2 Å². The summed E-state index contributed by atoms with van der Waals surface area (Å²) in [5.41, 5.74) is 2.86. The molecule has 10 heteroatoms. The number of hydrogen-bond acceptors (Lipinski definition) is 4. The first-order valence-electron chi connectivity index (χ1n) is 13.8. The summed E-state index contributed by atoms with van der Waals surface area (Å²) >= 11 is 12.3. The molecule has 0 fully saturated rings. The Morgan fingerprint density at radius 3 is 2.16 bits per heavy atom. The molecule has 0 aliphatic carbocycles. The van der Waals surface area contributed by atoms with Gasteiger partial charge in [-0.15, -0.1) is 0 Å². The molecule has 0 bridgehead atoms. The molecular formula is C33H33Cl2N3O4S. The molecule has 4 aromatic carbocycles. The zero-order valence-electron chi connectivity index (χ0n) is 23.9. The van der Waals surface area contributed by atoms with E-state index in [9.17, 15) is 18.0 Å². The van der Waals surface area contributed by atoms with Crippen LogP contribution in [0.25, 0.3) is 0 Å². The van der Waals surface area contributed by atoms with Crippen molar-refractivity contribution in [1.29, 1.82) is 0 Å². The largest absolute Gasteiger partial charge is 0.355 e. The Bertz CT molecular complexity index is 1670. The lowest BCUT2D eigenvalue weighted by atomic mass is 10.0. The topological polar surface area (TPSA) is 86.8 Å². The van der Waals surface area contributed by atoms with Crippen LogP contribution >= 0.6 is 23.2 Å². The van der Waals surface area contributed by atoms with Crippen molar-refractivity contribution in [2.24, 2.45) is 0 Å². The van der Waals surface area contributed by atoms with Gasteiger partial charge in [-0.1, -0.05) is 83.9 Å². The molecule has 0 saturated heterocycles. The average Bonchev–Trinajstić information content (AvgIpc) is 2.99. The standard InChI is InChI=1S/C33H33Cl2N3O4S/c1-3-36-33(40)31(20-25-11-5-4-6-12-25)37(22-26-13-8-7-10-24(26)2)32(39)23-38(29-15-9-14-28(35)21-29)43(41,42)30-18-16-27(34)17-19-30/h4-19,21,31H,3,20,22-23H2,1-2H3,(H,36,40)/t31-/m1/s1. The number of carbonyl (C=O) groups excluding carboxylic acids is 2. The van der Waals surface area contributed by atoms with Crippen LogP contribution in [-0.2, 0) is 32.6 Å². The van der Waals surface area contributed by atoms with Crippen molar-refractivity contribution in [1.82, 2.24) is 10.2 Å². The van der Waals surface area contributed by atoms with Gasteiger partial charge in [0, 0.05) is 29.6 Å². The van der Waals surface area contributed by atoms with Crippen LogP contribution in [0.4, 0.5) is 5.69 Å². The second-order valence-electron chi connectivity index (χ2n) is 9.99. The van der Waals surface area contributed by atoms with E-state index < -0.39 is 28.5 Å². The van der Waals surface area contributed by atoms with Crippen LogP contribution in [0.2, 0.25) is 10.0 Å². The predicted molar refractivity (Wildman–Crippen MR) is 172 cm³/mol. The monoisotopic (exact) mass is 637 g/mol. The number of anilines is 1. The number of sulfonamides is 1. The summed E-state index contributed by atoms with van der Waals surface area (Å²) in [6.45, 7) is 3.65. The molecule has 4 rings (SSSR count). The molecule has 7 nitrogen and oxygen atoms in total. The number of likely N-dealkylation sites (N-methyl/N-ethyl adjacent to an activating group) is 1. The minimum Gasteiger partial charge on any atom is -0.355 e. The highest BCUT2D eigenvalue weighted by molar-refractivity contribution is 7.92. The third kappa shape index (κ3) is 8.16. The highest BCUT2D eigenvalue weighted by Gasteiger charge is 2.34. The van der Waals surface area contributed by atoms with Crippen molar-refractivity contribution < 1.29 is 18.0 Å². The van der Waals surface area contributed by atoms with Gasteiger partial charge in [0.15, 0.2) is 0 Å². The Kier molecular flexibility index (Phi) is 10.9. The Hall–Kier alpha value is -3.85. The second kappa shape index (κ2) is 14.6. The van der Waals surface area contributed by atoms with Crippen molar-refractivity contribution in [3.63, 3.8) is 0 Å². The van der Waals surface area contributed by atoms with Crippen molar-refractivity contribution in [3.05, 3.63) is 130 Å². The first kappa shape index (κ1) is 32.1. The van der Waals surface area contributed by atoms with Gasteiger partial charge in [0.1, 0.15) is 12.6 Å². The number of aryl methyl sites for hydroxylation is 1. The van der Waals surface area contributed by atoms with Gasteiger partial charge in [0.25, 0.3) is 10.0 Å². The van der Waals surface area contributed by atoms with Gasteiger partial charge in [-0.25, -0.2) is 8.42 Å². The van der Waals surface area contributed by atoms with Gasteiger partial charge < -0.3 is 10.2 Å². The fourth-order valence-corrected chi connectivity index (χ4v) is 6.43. The van der Waals surface area contributed by atoms with Crippen LogP contribution < -0.4 is 9.62 Å². The quantitative estimate of drug-likeness (QED) is 0.198. The van der Waals surface area contributed by atoms with E-state index in [0.29, 0.717) is 16.6 Å². The molecule has 0 aromatic heterocycles. The molecular weight excluding hydrogens is 605 g/mol. The van der Waals surface area contributed by atoms with Gasteiger partial charge in [-0.05, 0) is 73.0 Å². The number of hydrogen-bond donors (Lipinski definition) is 1. The van der Waals surface area contributed by atoms with E-state index in [1.807, 2.05) is 68.4 Å². The first-order chi connectivity index (χ1) is 20.6. The van der Waals surface area contributed by atoms with Crippen molar-refractivity contribution in [3.8, 4) is 0 Å². The highest BCUT2D eigenvalue weighted by atomic mass is 35.5. The summed E-state index contributed by atoms with van der Waals surface area (Å²) < 4.78 is 29.0. The Morgan fingerprint density at radius 2 is 1.51 bits per heavy atom. The maximum Gasteiger partial charge on any atom is 0.264 e. The molecule has 0 heterocycles. The van der Waals surface area contributed by atoms with E-state index >= 15 is 0 Å². The van der Waals surface area contributed by atoms with E-state index in [4.69, 9.17) is 23.2 Å². The predicted octanol–water partition coefficient (Wildman–Crippen LogP) is 6.27. The summed E-state index contributed by atoms with van der Waals surface area (Å²) in [7, 11) is -4.24. The molecule has 43 heavy (non-hydrogen) atoms. The van der Waals surface area contributed by atoms with Crippen molar-refractivity contribution in [2.75, 3.05) is 17.4 Å². The fraction of sp³-hybridized carbons (Fsp3) is 0.212. The van der Waals surface area contributed by atoms with Crippen LogP contribution in [0, 0.1) is 6.92 Å². The molecule has 0 aliphatic heterocycles. The SMILES string of the molecule is CCNC(=O)[C@@H](Cc1ccccc1)N(Cc1ccccc1C)C(=O)CN(c1cccc(Cl)c1)S(=O)(=O)c1ccc(Cl)cc1. The summed E-state index contributed by atoms with van der Waals surface area (Å²) in [6, 6.07) is 28.1. The third-order valence-electron chi connectivity index (χ3n) is 7.00. The number of nitrogens with zero attached hydrogens (tertiary/aromatic N) is 2. The normalized spacial score (nSPS) is 11.9. The van der Waals surface area contributed by atoms with Gasteiger partial charge in [0.2, 0.25) is 11.8 Å². The minimum atomic E-state index is -4.24. The maximum absolute atomic E-state index is 14.4. The lowest BCUT2D eigenvalue weighted by Gasteiger charge is -2.34. The van der Waals surface area contributed by atoms with Crippen molar-refractivity contribution >= 4 is 50.7 Å². The lowest BCUT2D eigenvalue weighted by Crippen LogP contribution is -2.53. The summed E-state index contributed by atoms with van der Waals surface area (Å²) in [5, 5.41) is 3.54. The van der Waals surface area contributed by atoms with Gasteiger partial charge in [-0.2, -0.15) is 0 Å². The Labute approximate surface area is 263 Å². The molecule has 0 radical (unpaired) electrons. The highest BCUT2D eigenvalue weighted by Crippen LogP contribution is 2.28. The van der Waals surface area contributed by atoms with Crippen LogP contribution in [-0.4, -0.2) is 44.3 Å². The number of benzene rings is 4. The number of carbonyl (C=O) groups is 2. The smallest absolute Gasteiger partial charge is 0.264 e. The molecule has 224 valence electrons. The van der Waals surface area contributed by atoms with Crippen LogP contribution in [0.1, 0.15) is 23.6 Å². The Morgan fingerprint density at radius 1 is 0.837 bits per heavy atom. The molecule has 0 spiro atoms. The molecule has 0 aliphatic rings. The zero-order chi connectivity index (χ0) is 31.0. The summed E-state index contributed by atoms with van der Waals surface area (Å²) in [4.78, 5) is 29.4. The van der Waals surface area contributed by atoms with E-state index in [1.165, 1.54) is 35.2 Å². The number of halogens is 2. The second-order valence-corrected chi connectivity index (χ2v) is 12.7. The number of nitrogens with one attached hydrogen (secondary N) is 1. The molecule has 1 atom stereocenters. The maximum atomic E-state index is 14.4. The summed E-state index contributed by atoms with van der Waals surface area (Å²) in [6.07, 6.45) is 0.241. The zero-order valence-corrected chi connectivity index (χ0v) is 26.2. The van der Waals surface area contributed by atoms with Gasteiger partial charge >= 0.3 is 0 Å². The van der Waals surface area contributed by atoms with E-state index in [0.717, 1.165) is 21.0 Å². The van der Waals surface area contributed by atoms with Gasteiger partial charge in [-0.3, -0.25) is 13.9 Å². The lowest BCUT2D eigenvalue weighted by molar-refractivity contribution is -0.140. The van der Waals surface area contributed by atoms with Crippen molar-refractivity contribution in [2.45, 2.75) is 37.8 Å². The molecule has 4 aromatic rings. The van der Waals surface area contributed by atoms with Gasteiger partial charge in [0.05, 0.1) is 10.6 Å². The number of amides is 2. The molecule has 0 unspecified atom stereocenters. The van der Waals surface area contributed by atoms with E-state index in [2.05, 4.69) is 5.32 Å². The average molecular weight is 639 g/mol. The third-order valence-corrected chi connectivity index (χ3v) is 9.28. The Balaban J connectivity index is 1.80.